The van der Waals surface area contributed by atoms with Gasteiger partial charge in [0.25, 0.3) is 5.91 Å². The SMILES string of the molecule is CC(c1ccccc1)N1C(=O)CC2(C(=O)N(CC(=O)OC(C)(C)C)c3ccc(Cl)cc32)C1=O. The summed E-state index contributed by atoms with van der Waals surface area (Å²) in [6.07, 6.45) is -0.319. The van der Waals surface area contributed by atoms with E-state index in [4.69, 9.17) is 16.3 Å². The van der Waals surface area contributed by atoms with Crippen LogP contribution in [0.3, 0.4) is 0 Å². The summed E-state index contributed by atoms with van der Waals surface area (Å²) in [5.74, 6) is -2.29. The zero-order valence-corrected chi connectivity index (χ0v) is 19.7. The van der Waals surface area contributed by atoms with Gasteiger partial charge in [-0.15, -0.1) is 0 Å². The lowest BCUT2D eigenvalue weighted by Gasteiger charge is -2.26. The highest BCUT2D eigenvalue weighted by Crippen LogP contribution is 2.50. The van der Waals surface area contributed by atoms with Crippen molar-refractivity contribution in [3.63, 3.8) is 0 Å². The molecule has 3 amide bonds. The summed E-state index contributed by atoms with van der Waals surface area (Å²) in [7, 11) is 0. The number of carbonyl (C=O) groups is 4. The minimum Gasteiger partial charge on any atom is -0.459 e. The number of fused-ring (bicyclic) bond motifs is 2. The van der Waals surface area contributed by atoms with Gasteiger partial charge in [-0.2, -0.15) is 0 Å². The van der Waals surface area contributed by atoms with Crippen molar-refractivity contribution >= 4 is 41.0 Å². The van der Waals surface area contributed by atoms with Crippen LogP contribution in [0.2, 0.25) is 5.02 Å². The maximum Gasteiger partial charge on any atom is 0.326 e. The van der Waals surface area contributed by atoms with Crippen LogP contribution in [-0.2, 0) is 29.3 Å². The average molecular weight is 469 g/mol. The third-order valence-corrected chi connectivity index (χ3v) is 6.20. The smallest absolute Gasteiger partial charge is 0.326 e. The van der Waals surface area contributed by atoms with E-state index in [2.05, 4.69) is 0 Å². The van der Waals surface area contributed by atoms with Crippen molar-refractivity contribution in [3.05, 3.63) is 64.7 Å². The summed E-state index contributed by atoms with van der Waals surface area (Å²) in [6, 6.07) is 13.3. The number of rotatable bonds is 4. The maximum atomic E-state index is 13.8. The maximum absolute atomic E-state index is 13.8. The molecule has 0 radical (unpaired) electrons. The second-order valence-corrected chi connectivity index (χ2v) is 9.81. The number of benzene rings is 2. The standard InChI is InChI=1S/C25H25ClN2O5/c1-15(16-8-6-5-7-9-16)28-20(29)13-25(23(28)32)18-12-17(26)10-11-19(18)27(22(25)31)14-21(30)33-24(2,3)4/h5-12,15H,13-14H2,1-4H3. The van der Waals surface area contributed by atoms with Gasteiger partial charge in [-0.3, -0.25) is 29.0 Å². The van der Waals surface area contributed by atoms with Gasteiger partial charge >= 0.3 is 5.97 Å². The lowest BCUT2D eigenvalue weighted by atomic mass is 9.80. The van der Waals surface area contributed by atoms with Crippen LogP contribution in [-0.4, -0.2) is 40.7 Å². The fourth-order valence-electron chi connectivity index (χ4n) is 4.56. The fourth-order valence-corrected chi connectivity index (χ4v) is 4.73. The lowest BCUT2D eigenvalue weighted by Crippen LogP contribution is -2.48. The summed E-state index contributed by atoms with van der Waals surface area (Å²) in [5, 5.41) is 0.329. The molecule has 172 valence electrons. The van der Waals surface area contributed by atoms with Gasteiger partial charge in [0.2, 0.25) is 11.8 Å². The topological polar surface area (TPSA) is 84.0 Å². The molecule has 0 N–H and O–H groups in total. The third kappa shape index (κ3) is 3.80. The molecule has 1 saturated heterocycles. The summed E-state index contributed by atoms with van der Waals surface area (Å²) in [6.45, 7) is 6.57. The first kappa shape index (κ1) is 23.0. The Hall–Kier alpha value is -3.19. The molecular weight excluding hydrogens is 444 g/mol. The second kappa shape index (κ2) is 7.99. The molecule has 1 fully saturated rings. The Labute approximate surface area is 197 Å². The van der Waals surface area contributed by atoms with E-state index >= 15 is 0 Å². The summed E-state index contributed by atoms with van der Waals surface area (Å²) in [4.78, 5) is 55.6. The Morgan fingerprint density at radius 1 is 1.09 bits per heavy atom. The number of amides is 3. The highest BCUT2D eigenvalue weighted by Gasteiger charge is 2.64. The van der Waals surface area contributed by atoms with E-state index in [-0.39, 0.29) is 13.0 Å². The van der Waals surface area contributed by atoms with E-state index < -0.39 is 40.7 Å². The number of nitrogens with zero attached hydrogens (tertiary/aromatic N) is 2. The number of halogens is 1. The lowest BCUT2D eigenvalue weighted by molar-refractivity contribution is -0.154. The number of likely N-dealkylation sites (tertiary alicyclic amines) is 1. The highest BCUT2D eigenvalue weighted by atomic mass is 35.5. The van der Waals surface area contributed by atoms with Gasteiger partial charge in [-0.1, -0.05) is 41.9 Å². The molecule has 33 heavy (non-hydrogen) atoms. The van der Waals surface area contributed by atoms with Gasteiger partial charge in [0.1, 0.15) is 12.1 Å². The second-order valence-electron chi connectivity index (χ2n) is 9.38. The highest BCUT2D eigenvalue weighted by molar-refractivity contribution is 6.33. The van der Waals surface area contributed by atoms with E-state index in [1.807, 2.05) is 30.3 Å². The van der Waals surface area contributed by atoms with Crippen molar-refractivity contribution in [1.82, 2.24) is 4.90 Å². The molecule has 0 aliphatic carbocycles. The largest absolute Gasteiger partial charge is 0.459 e. The van der Waals surface area contributed by atoms with E-state index in [0.29, 0.717) is 16.3 Å². The summed E-state index contributed by atoms with van der Waals surface area (Å²) >= 11 is 6.22. The Bertz CT molecular complexity index is 1160. The Morgan fingerprint density at radius 2 is 1.76 bits per heavy atom. The molecule has 2 aliphatic rings. The van der Waals surface area contributed by atoms with Gasteiger partial charge in [0.15, 0.2) is 5.41 Å². The number of anilines is 1. The number of hydrogen-bond donors (Lipinski definition) is 0. The van der Waals surface area contributed by atoms with Crippen molar-refractivity contribution in [2.45, 2.75) is 51.2 Å². The van der Waals surface area contributed by atoms with Crippen LogP contribution >= 0.6 is 11.6 Å². The van der Waals surface area contributed by atoms with Gasteiger partial charge in [-0.05, 0) is 51.5 Å². The van der Waals surface area contributed by atoms with Crippen molar-refractivity contribution in [2.24, 2.45) is 0 Å². The first-order valence-corrected chi connectivity index (χ1v) is 11.1. The van der Waals surface area contributed by atoms with Gasteiger partial charge < -0.3 is 4.74 Å². The molecule has 4 rings (SSSR count). The van der Waals surface area contributed by atoms with E-state index in [9.17, 15) is 19.2 Å². The minimum absolute atomic E-state index is 0.319. The predicted octanol–water partition coefficient (Wildman–Crippen LogP) is 3.79. The molecule has 2 atom stereocenters. The Balaban J connectivity index is 1.75. The number of ether oxygens (including phenoxy) is 1. The molecule has 0 aromatic heterocycles. The molecule has 2 aliphatic heterocycles. The molecule has 8 heteroatoms. The number of esters is 1. The molecule has 1 spiro atoms. The summed E-state index contributed by atoms with van der Waals surface area (Å²) < 4.78 is 5.38. The molecule has 2 aromatic carbocycles. The average Bonchev–Trinajstić information content (AvgIpc) is 3.13. The first-order valence-electron chi connectivity index (χ1n) is 10.7. The molecule has 0 bridgehead atoms. The fraction of sp³-hybridized carbons (Fsp3) is 0.360. The molecule has 2 aromatic rings. The number of hydrogen-bond acceptors (Lipinski definition) is 5. The van der Waals surface area contributed by atoms with E-state index in [1.165, 1.54) is 11.0 Å². The van der Waals surface area contributed by atoms with Gasteiger partial charge in [0, 0.05) is 16.3 Å². The van der Waals surface area contributed by atoms with Crippen molar-refractivity contribution in [3.8, 4) is 0 Å². The zero-order chi connectivity index (χ0) is 24.1. The van der Waals surface area contributed by atoms with E-state index in [1.54, 1.807) is 39.8 Å². The van der Waals surface area contributed by atoms with Crippen LogP contribution in [0.1, 0.15) is 51.3 Å². The van der Waals surface area contributed by atoms with Crippen molar-refractivity contribution in [2.75, 3.05) is 11.4 Å². The van der Waals surface area contributed by atoms with Crippen molar-refractivity contribution in [1.29, 1.82) is 0 Å². The zero-order valence-electron chi connectivity index (χ0n) is 18.9. The number of imide groups is 1. The molecule has 2 heterocycles. The predicted molar refractivity (Wildman–Crippen MR) is 123 cm³/mol. The minimum atomic E-state index is -1.75. The normalized spacial score (nSPS) is 21.1. The summed E-state index contributed by atoms with van der Waals surface area (Å²) in [5.41, 5.74) is -0.988. The quantitative estimate of drug-likeness (QED) is 0.387. The van der Waals surface area contributed by atoms with Crippen LogP contribution < -0.4 is 4.90 Å². The molecule has 2 unspecified atom stereocenters. The van der Waals surface area contributed by atoms with Crippen LogP contribution in [0.5, 0.6) is 0 Å². The Kier molecular flexibility index (Phi) is 5.56. The number of carbonyl (C=O) groups excluding carboxylic acids is 4. The molecular formula is C25H25ClN2O5. The van der Waals surface area contributed by atoms with E-state index in [0.717, 1.165) is 10.5 Å². The van der Waals surface area contributed by atoms with Crippen LogP contribution in [0.4, 0.5) is 5.69 Å². The van der Waals surface area contributed by atoms with Crippen molar-refractivity contribution < 1.29 is 23.9 Å². The molecule has 0 saturated carbocycles. The van der Waals surface area contributed by atoms with Crippen LogP contribution in [0.25, 0.3) is 0 Å². The third-order valence-electron chi connectivity index (χ3n) is 5.96. The first-order chi connectivity index (χ1) is 15.5. The monoisotopic (exact) mass is 468 g/mol. The Morgan fingerprint density at radius 3 is 2.39 bits per heavy atom. The van der Waals surface area contributed by atoms with Gasteiger partial charge in [0.05, 0.1) is 12.5 Å². The molecule has 7 nitrogen and oxygen atoms in total. The van der Waals surface area contributed by atoms with Crippen LogP contribution in [0.15, 0.2) is 48.5 Å². The van der Waals surface area contributed by atoms with Gasteiger partial charge in [-0.25, -0.2) is 0 Å². The van der Waals surface area contributed by atoms with Crippen LogP contribution in [0, 0.1) is 0 Å².